The van der Waals surface area contributed by atoms with E-state index in [1.165, 1.54) is 54.9 Å². The molecule has 2 aliphatic heterocycles. The maximum Gasteiger partial charge on any atom is 0.0607 e. The first-order valence-electron chi connectivity index (χ1n) is 14.4. The molecule has 0 saturated heterocycles. The van der Waals surface area contributed by atoms with E-state index in [2.05, 4.69) is 180 Å². The van der Waals surface area contributed by atoms with Crippen LogP contribution in [0.4, 0.5) is 22.7 Å². The predicted octanol–water partition coefficient (Wildman–Crippen LogP) is 8.79. The normalized spacial score (nSPS) is 13.8. The molecule has 0 atom stereocenters. The van der Waals surface area contributed by atoms with Gasteiger partial charge in [-0.05, 0) is 69.1 Å². The number of nitrogens with zero attached hydrogens (tertiary/aromatic N) is 2. The minimum atomic E-state index is 1.14. The Morgan fingerprint density at radius 2 is 0.690 bits per heavy atom. The number of benzene rings is 6. The summed E-state index contributed by atoms with van der Waals surface area (Å²) in [6.45, 7) is 0. The number of para-hydroxylation sites is 2. The van der Waals surface area contributed by atoms with E-state index in [1.807, 2.05) is 0 Å². The molecule has 6 aromatic carbocycles. The molecule has 2 nitrogen and oxygen atoms in total. The molecule has 0 saturated carbocycles. The first kappa shape index (κ1) is 24.2. The molecule has 0 N–H and O–H groups in total. The molecule has 0 spiro atoms. The van der Waals surface area contributed by atoms with Gasteiger partial charge in [-0.2, -0.15) is 0 Å². The highest BCUT2D eigenvalue weighted by atomic mass is 15.1. The minimum absolute atomic E-state index is 1.14. The summed E-state index contributed by atoms with van der Waals surface area (Å²) in [5.74, 6) is 0. The lowest BCUT2D eigenvalue weighted by atomic mass is 9.94. The molecule has 2 heteroatoms. The Morgan fingerprint density at radius 1 is 0.333 bits per heavy atom. The summed E-state index contributed by atoms with van der Waals surface area (Å²) in [5, 5.41) is 4.86. The molecule has 42 heavy (non-hydrogen) atoms. The highest BCUT2D eigenvalue weighted by molar-refractivity contribution is 6.10. The van der Waals surface area contributed by atoms with Gasteiger partial charge in [-0.25, -0.2) is 0 Å². The SMILES string of the molecule is C1=C(c2ccccc2)C=c2ccc3c4c(ccc3c2N1c1ccccc1)=CC(c1ccccc1)=CN4c1ccccc1. The minimum Gasteiger partial charge on any atom is -0.315 e. The standard InChI is InChI=1S/C40H28N2/c1-5-13-29(14-6-1)33-25-31-21-23-38-37(39(31)41(27-33)35-17-9-3-10-18-35)24-22-32-26-34(30-15-7-2-8-16-30)28-42(40(32)38)36-19-11-4-12-20-36/h1-28H. The molecule has 198 valence electrons. The van der Waals surface area contributed by atoms with Crippen molar-refractivity contribution in [3.05, 3.63) is 180 Å². The monoisotopic (exact) mass is 536 g/mol. The van der Waals surface area contributed by atoms with E-state index in [0.29, 0.717) is 0 Å². The van der Waals surface area contributed by atoms with Crippen molar-refractivity contribution >= 4 is 56.8 Å². The molecular weight excluding hydrogens is 508 g/mol. The summed E-state index contributed by atoms with van der Waals surface area (Å²) in [6, 6.07) is 51.7. The summed E-state index contributed by atoms with van der Waals surface area (Å²) in [4.78, 5) is 4.72. The molecule has 0 aliphatic carbocycles. The molecule has 8 rings (SSSR count). The van der Waals surface area contributed by atoms with Crippen LogP contribution in [0.5, 0.6) is 0 Å². The third-order valence-electron chi connectivity index (χ3n) is 8.13. The zero-order valence-electron chi connectivity index (χ0n) is 23.1. The van der Waals surface area contributed by atoms with Crippen LogP contribution < -0.4 is 20.2 Å². The van der Waals surface area contributed by atoms with E-state index in [4.69, 9.17) is 0 Å². The van der Waals surface area contributed by atoms with Gasteiger partial charge in [-0.1, -0.05) is 121 Å². The summed E-state index contributed by atoms with van der Waals surface area (Å²) in [5.41, 5.74) is 9.49. The van der Waals surface area contributed by atoms with Gasteiger partial charge in [0.25, 0.3) is 0 Å². The molecule has 6 aromatic rings. The van der Waals surface area contributed by atoms with Crippen LogP contribution >= 0.6 is 0 Å². The fraction of sp³-hybridized carbons (Fsp3) is 0. The largest absolute Gasteiger partial charge is 0.315 e. The number of hydrogen-bond donors (Lipinski definition) is 0. The van der Waals surface area contributed by atoms with E-state index < -0.39 is 0 Å². The Bertz CT molecular complexity index is 1960. The van der Waals surface area contributed by atoms with E-state index >= 15 is 0 Å². The van der Waals surface area contributed by atoms with Crippen LogP contribution in [0.3, 0.4) is 0 Å². The summed E-state index contributed by atoms with van der Waals surface area (Å²) < 4.78 is 0. The van der Waals surface area contributed by atoms with E-state index in [-0.39, 0.29) is 0 Å². The molecule has 0 unspecified atom stereocenters. The number of hydrogen-bond acceptors (Lipinski definition) is 2. The summed E-state index contributed by atoms with van der Waals surface area (Å²) in [7, 11) is 0. The van der Waals surface area contributed by atoms with E-state index in [1.54, 1.807) is 0 Å². The van der Waals surface area contributed by atoms with Gasteiger partial charge in [0.2, 0.25) is 0 Å². The Labute approximate surface area is 245 Å². The van der Waals surface area contributed by atoms with Crippen molar-refractivity contribution in [2.24, 2.45) is 0 Å². The zero-order valence-corrected chi connectivity index (χ0v) is 23.1. The fourth-order valence-electron chi connectivity index (χ4n) is 6.16. The van der Waals surface area contributed by atoms with Gasteiger partial charge in [-0.3, -0.25) is 0 Å². The van der Waals surface area contributed by atoms with E-state index in [0.717, 1.165) is 11.4 Å². The van der Waals surface area contributed by atoms with Gasteiger partial charge in [0.1, 0.15) is 0 Å². The van der Waals surface area contributed by atoms with Gasteiger partial charge in [0.15, 0.2) is 0 Å². The van der Waals surface area contributed by atoms with Crippen LogP contribution in [0.15, 0.2) is 158 Å². The van der Waals surface area contributed by atoms with Crippen LogP contribution in [0.25, 0.3) is 34.1 Å². The second-order valence-electron chi connectivity index (χ2n) is 10.7. The molecule has 0 fully saturated rings. The fourth-order valence-corrected chi connectivity index (χ4v) is 6.16. The van der Waals surface area contributed by atoms with Crippen molar-refractivity contribution < 1.29 is 0 Å². The maximum absolute atomic E-state index is 2.36. The molecule has 2 heterocycles. The molecule has 2 aliphatic rings. The first-order valence-corrected chi connectivity index (χ1v) is 14.4. The summed E-state index contributed by atoms with van der Waals surface area (Å²) >= 11 is 0. The van der Waals surface area contributed by atoms with Crippen molar-refractivity contribution in [3.8, 4) is 0 Å². The van der Waals surface area contributed by atoms with Crippen LogP contribution in [-0.4, -0.2) is 0 Å². The third kappa shape index (κ3) is 4.13. The second-order valence-corrected chi connectivity index (χ2v) is 10.7. The van der Waals surface area contributed by atoms with Crippen molar-refractivity contribution in [2.75, 3.05) is 9.80 Å². The predicted molar refractivity (Wildman–Crippen MR) is 178 cm³/mol. The molecule has 0 radical (unpaired) electrons. The third-order valence-corrected chi connectivity index (χ3v) is 8.13. The Kier molecular flexibility index (Phi) is 5.82. The average Bonchev–Trinajstić information content (AvgIpc) is 3.08. The van der Waals surface area contributed by atoms with Crippen molar-refractivity contribution in [2.45, 2.75) is 0 Å². The molecule has 0 bridgehead atoms. The van der Waals surface area contributed by atoms with Crippen LogP contribution in [0.1, 0.15) is 11.1 Å². The zero-order chi connectivity index (χ0) is 27.9. The number of anilines is 4. The molecule has 0 aromatic heterocycles. The molecule has 0 amide bonds. The Hall–Kier alpha value is -5.60. The lowest BCUT2D eigenvalue weighted by molar-refractivity contribution is 1.26. The number of rotatable bonds is 4. The average molecular weight is 537 g/mol. The van der Waals surface area contributed by atoms with Crippen molar-refractivity contribution in [1.82, 2.24) is 0 Å². The van der Waals surface area contributed by atoms with Gasteiger partial charge in [0, 0.05) is 34.5 Å². The van der Waals surface area contributed by atoms with Gasteiger partial charge in [-0.15, -0.1) is 0 Å². The number of allylic oxidation sites excluding steroid dienone is 2. The summed E-state index contributed by atoms with van der Waals surface area (Å²) in [6.07, 6.45) is 9.19. The lowest BCUT2D eigenvalue weighted by Crippen LogP contribution is -2.25. The van der Waals surface area contributed by atoms with Crippen molar-refractivity contribution in [1.29, 1.82) is 0 Å². The van der Waals surface area contributed by atoms with Crippen LogP contribution in [0, 0.1) is 0 Å². The van der Waals surface area contributed by atoms with Crippen LogP contribution in [0.2, 0.25) is 0 Å². The quantitative estimate of drug-likeness (QED) is 0.222. The molecular formula is C40H28N2. The van der Waals surface area contributed by atoms with Gasteiger partial charge >= 0.3 is 0 Å². The van der Waals surface area contributed by atoms with Crippen molar-refractivity contribution in [3.63, 3.8) is 0 Å². The lowest BCUT2D eigenvalue weighted by Gasteiger charge is -2.31. The van der Waals surface area contributed by atoms with Gasteiger partial charge in [0.05, 0.1) is 11.4 Å². The number of fused-ring (bicyclic) bond motifs is 5. The van der Waals surface area contributed by atoms with E-state index in [9.17, 15) is 0 Å². The smallest absolute Gasteiger partial charge is 0.0607 e. The Morgan fingerprint density at radius 3 is 1.07 bits per heavy atom. The highest BCUT2D eigenvalue weighted by Gasteiger charge is 2.22. The van der Waals surface area contributed by atoms with Crippen LogP contribution in [-0.2, 0) is 0 Å². The second kappa shape index (κ2) is 10.1. The first-order chi connectivity index (χ1) is 20.8. The topological polar surface area (TPSA) is 6.48 Å². The van der Waals surface area contributed by atoms with Gasteiger partial charge < -0.3 is 9.80 Å². The maximum atomic E-state index is 2.36. The highest BCUT2D eigenvalue weighted by Crippen LogP contribution is 2.40. The Balaban J connectivity index is 1.40.